The summed E-state index contributed by atoms with van der Waals surface area (Å²) in [5, 5.41) is 0. The van der Waals surface area contributed by atoms with E-state index in [1.54, 1.807) is 0 Å². The van der Waals surface area contributed by atoms with Gasteiger partial charge >= 0.3 is 17.4 Å². The Morgan fingerprint density at radius 3 is 0.861 bits per heavy atom. The highest BCUT2D eigenvalue weighted by atomic mass is 28.5. The van der Waals surface area contributed by atoms with E-state index in [4.69, 9.17) is 32.0 Å². The highest BCUT2D eigenvalue weighted by Gasteiger charge is 2.49. The van der Waals surface area contributed by atoms with Gasteiger partial charge in [-0.15, -0.1) is 0 Å². The molecule has 0 radical (unpaired) electrons. The fraction of sp³-hybridized carbons (Fsp3) is 1.00. The van der Waals surface area contributed by atoms with Crippen LogP contribution in [0, 0.1) is 0 Å². The van der Waals surface area contributed by atoms with E-state index in [2.05, 4.69) is 105 Å². The molecule has 0 rings (SSSR count). The molecule has 0 aromatic rings. The summed E-state index contributed by atoms with van der Waals surface area (Å²) in [6, 6.07) is 1.88. The van der Waals surface area contributed by atoms with Crippen molar-refractivity contribution in [2.24, 2.45) is 11.5 Å². The molecule has 0 aliphatic rings. The van der Waals surface area contributed by atoms with Crippen molar-refractivity contribution in [3.8, 4) is 0 Å². The molecule has 0 spiro atoms. The van der Waals surface area contributed by atoms with Crippen LogP contribution in [0.25, 0.3) is 0 Å². The van der Waals surface area contributed by atoms with Gasteiger partial charge in [-0.1, -0.05) is 0 Å². The van der Waals surface area contributed by atoms with E-state index in [-0.39, 0.29) is 0 Å². The van der Waals surface area contributed by atoms with Crippen LogP contribution in [0.3, 0.4) is 0 Å². The van der Waals surface area contributed by atoms with E-state index in [1.165, 1.54) is 0 Å². The van der Waals surface area contributed by atoms with Crippen molar-refractivity contribution < 1.29 is 20.6 Å². The summed E-state index contributed by atoms with van der Waals surface area (Å²) in [7, 11) is -12.8. The van der Waals surface area contributed by atoms with Crippen LogP contribution < -0.4 is 11.5 Å². The summed E-state index contributed by atoms with van der Waals surface area (Å²) in [5.41, 5.74) is 11.3. The Kier molecular flexibility index (Phi) is 16.7. The lowest BCUT2D eigenvalue weighted by atomic mass is 10.5. The molecule has 0 aliphatic carbocycles. The van der Waals surface area contributed by atoms with Gasteiger partial charge in [0, 0.05) is 6.04 Å². The molecule has 0 saturated heterocycles. The van der Waals surface area contributed by atoms with Gasteiger partial charge in [0.15, 0.2) is 41.6 Å². The predicted octanol–water partition coefficient (Wildman–Crippen LogP) is 6.94. The van der Waals surface area contributed by atoms with Crippen molar-refractivity contribution in [1.82, 2.24) is 0 Å². The van der Waals surface area contributed by atoms with Gasteiger partial charge < -0.3 is 32.0 Å². The molecule has 0 aliphatic heterocycles. The van der Waals surface area contributed by atoms with E-state index in [1.807, 2.05) is 0 Å². The molecule has 14 heteroatoms. The number of rotatable bonds is 16. The van der Waals surface area contributed by atoms with Gasteiger partial charge in [0.2, 0.25) is 0 Å². The van der Waals surface area contributed by atoms with Crippen LogP contribution in [0.5, 0.6) is 0 Å². The molecule has 0 bridgehead atoms. The molecule has 0 atom stereocenters. The summed E-state index contributed by atoms with van der Waals surface area (Å²) in [6.07, 6.45) is 1.92. The lowest BCUT2D eigenvalue weighted by molar-refractivity contribution is 0.251. The third-order valence-corrected chi connectivity index (χ3v) is 25.6. The first kappa shape index (κ1) is 39.4. The van der Waals surface area contributed by atoms with Gasteiger partial charge in [-0.25, -0.2) is 0 Å². The third-order valence-electron chi connectivity index (χ3n) is 3.95. The lowest BCUT2D eigenvalue weighted by Crippen LogP contribution is -2.60. The molecule has 7 nitrogen and oxygen atoms in total. The number of nitrogens with two attached hydrogens (primary N) is 2. The maximum atomic E-state index is 6.53. The average molecular weight is 633 g/mol. The second-order valence-corrected chi connectivity index (χ2v) is 44.5. The van der Waals surface area contributed by atoms with Crippen LogP contribution in [-0.4, -0.2) is 72.0 Å². The maximum Gasteiger partial charge on any atom is 0.469 e. The lowest BCUT2D eigenvalue weighted by Gasteiger charge is -2.42. The molecule has 220 valence electrons. The normalized spacial score (nSPS) is 14.5. The molecule has 0 fully saturated rings. The smallest absolute Gasteiger partial charge is 0.437 e. The topological polar surface area (TPSA) is 98.2 Å². The highest BCUT2D eigenvalue weighted by Crippen LogP contribution is 2.29. The second-order valence-electron chi connectivity index (χ2n) is 14.7. The standard InChI is InChI=1S/C12H35NO3Si4.C10H29NO2Si3/c1-17(2,3)14-20(12-10-11-13,15-18(4,5)6)16-19(7,8)9;1-14(2,3)12-16(7,10-8-9-11)13-15(4,5)6/h10-13H2,1-9H3;8-11H2,1-7H3. The first-order chi connectivity index (χ1) is 15.7. The van der Waals surface area contributed by atoms with Gasteiger partial charge in [-0.3, -0.25) is 0 Å². The summed E-state index contributed by atoms with van der Waals surface area (Å²) in [4.78, 5) is 0. The van der Waals surface area contributed by atoms with Crippen LogP contribution in [-0.2, 0) is 20.6 Å². The van der Waals surface area contributed by atoms with Gasteiger partial charge in [-0.2, -0.15) is 0 Å². The van der Waals surface area contributed by atoms with E-state index in [0.29, 0.717) is 6.54 Å². The largest absolute Gasteiger partial charge is 0.469 e. The summed E-state index contributed by atoms with van der Waals surface area (Å²) < 4.78 is 32.3. The fourth-order valence-electron chi connectivity index (χ4n) is 3.78. The third kappa shape index (κ3) is 24.3. The quantitative estimate of drug-likeness (QED) is 0.178. The minimum Gasteiger partial charge on any atom is -0.437 e. The molecular weight excluding hydrogens is 569 g/mol. The van der Waals surface area contributed by atoms with E-state index >= 15 is 0 Å². The van der Waals surface area contributed by atoms with Crippen LogP contribution in [0.4, 0.5) is 0 Å². The van der Waals surface area contributed by atoms with Gasteiger partial charge in [0.1, 0.15) is 0 Å². The minimum atomic E-state index is -2.62. The minimum absolute atomic E-state index is 0.661. The maximum absolute atomic E-state index is 6.53. The van der Waals surface area contributed by atoms with Crippen molar-refractivity contribution in [3.63, 3.8) is 0 Å². The summed E-state index contributed by atoms with van der Waals surface area (Å²) in [5.74, 6) is 0. The van der Waals surface area contributed by atoms with Gasteiger partial charge in [0.05, 0.1) is 0 Å². The number of hydrogen-bond acceptors (Lipinski definition) is 7. The molecule has 0 saturated carbocycles. The Morgan fingerprint density at radius 2 is 0.639 bits per heavy atom. The van der Waals surface area contributed by atoms with Crippen LogP contribution in [0.1, 0.15) is 12.8 Å². The molecule has 0 amide bonds. The van der Waals surface area contributed by atoms with E-state index in [9.17, 15) is 0 Å². The Bertz CT molecular complexity index is 554. The van der Waals surface area contributed by atoms with Crippen molar-refractivity contribution in [1.29, 1.82) is 0 Å². The fourth-order valence-corrected chi connectivity index (χ4v) is 31.0. The molecule has 4 N–H and O–H groups in total. The zero-order valence-electron chi connectivity index (χ0n) is 26.9. The van der Waals surface area contributed by atoms with Crippen LogP contribution in [0.15, 0.2) is 0 Å². The molecule has 36 heavy (non-hydrogen) atoms. The highest BCUT2D eigenvalue weighted by molar-refractivity contribution is 6.90. The van der Waals surface area contributed by atoms with Crippen molar-refractivity contribution >= 4 is 59.0 Å². The van der Waals surface area contributed by atoms with Crippen molar-refractivity contribution in [2.75, 3.05) is 13.1 Å². The van der Waals surface area contributed by atoms with Crippen molar-refractivity contribution in [3.05, 3.63) is 0 Å². The molecular formula is C22H64N2O5Si7. The van der Waals surface area contributed by atoms with Gasteiger partial charge in [0.25, 0.3) is 0 Å². The van der Waals surface area contributed by atoms with Crippen LogP contribution in [0.2, 0.25) is 117 Å². The SMILES string of the molecule is C[Si](C)(C)O[Si](C)(CCCN)O[Si](C)(C)C.C[Si](C)(C)O[Si](CCCN)(O[Si](C)(C)C)O[Si](C)(C)C. The molecule has 0 heterocycles. The molecule has 0 aromatic carbocycles. The zero-order chi connectivity index (χ0) is 29.3. The number of hydrogen-bond donors (Lipinski definition) is 2. The van der Waals surface area contributed by atoms with Gasteiger partial charge in [-0.05, 0) is 137 Å². The monoisotopic (exact) mass is 632 g/mol. The Morgan fingerprint density at radius 1 is 0.389 bits per heavy atom. The molecule has 0 unspecified atom stereocenters. The Balaban J connectivity index is 0. The first-order valence-corrected chi connectivity index (χ1v) is 35.1. The first-order valence-electron chi connectivity index (χ1n) is 13.6. The Hall–Kier alpha value is 1.24. The zero-order valence-corrected chi connectivity index (χ0v) is 33.9. The second kappa shape index (κ2) is 15.3. The van der Waals surface area contributed by atoms with E-state index < -0.39 is 59.0 Å². The predicted molar refractivity (Wildman–Crippen MR) is 176 cm³/mol. The average Bonchev–Trinajstić information content (AvgIpc) is 2.50. The molecule has 0 aromatic heterocycles. The van der Waals surface area contributed by atoms with Crippen LogP contribution >= 0.6 is 0 Å². The van der Waals surface area contributed by atoms with E-state index in [0.717, 1.165) is 31.5 Å². The summed E-state index contributed by atoms with van der Waals surface area (Å²) >= 11 is 0. The van der Waals surface area contributed by atoms with Crippen molar-refractivity contribution in [2.45, 2.75) is 130 Å². The summed E-state index contributed by atoms with van der Waals surface area (Å²) in [6.45, 7) is 36.8. The Labute approximate surface area is 233 Å².